The number of methoxy groups -OCH3 is 1. The highest BCUT2D eigenvalue weighted by Gasteiger charge is 2.24. The molecule has 1 heterocycles. The number of carbonyl (C=O) groups excluding carboxylic acids is 1. The summed E-state index contributed by atoms with van der Waals surface area (Å²) in [4.78, 5) is 12.1. The van der Waals surface area contributed by atoms with Crippen LogP contribution in [0.1, 0.15) is 23.7 Å². The number of hydrogen-bond donors (Lipinski definition) is 2. The molecule has 3 N–H and O–H groups in total. The Bertz CT molecular complexity index is 462. The van der Waals surface area contributed by atoms with Crippen molar-refractivity contribution in [3.05, 3.63) is 23.8 Å². The zero-order valence-electron chi connectivity index (χ0n) is 11.3. The summed E-state index contributed by atoms with van der Waals surface area (Å²) in [6.07, 6.45) is 1.19. The Hall–Kier alpha value is -1.75. The Morgan fingerprint density at radius 1 is 1.53 bits per heavy atom. The summed E-state index contributed by atoms with van der Waals surface area (Å²) in [7, 11) is 1.55. The first-order valence-corrected chi connectivity index (χ1v) is 6.44. The van der Waals surface area contributed by atoms with Crippen molar-refractivity contribution in [1.29, 1.82) is 0 Å². The van der Waals surface area contributed by atoms with E-state index in [-0.39, 0.29) is 12.0 Å². The zero-order valence-corrected chi connectivity index (χ0v) is 11.3. The van der Waals surface area contributed by atoms with Crippen LogP contribution in [0.4, 0.5) is 5.69 Å². The van der Waals surface area contributed by atoms with E-state index in [9.17, 15) is 4.79 Å². The van der Waals surface area contributed by atoms with Gasteiger partial charge in [0.2, 0.25) is 0 Å². The van der Waals surface area contributed by atoms with Crippen LogP contribution < -0.4 is 15.8 Å². The summed E-state index contributed by atoms with van der Waals surface area (Å²) < 4.78 is 10.6. The number of nitrogen functional groups attached to an aromatic ring is 1. The van der Waals surface area contributed by atoms with Crippen molar-refractivity contribution < 1.29 is 14.3 Å². The van der Waals surface area contributed by atoms with Crippen LogP contribution in [0.25, 0.3) is 0 Å². The van der Waals surface area contributed by atoms with Gasteiger partial charge in [0, 0.05) is 36.4 Å². The average Bonchev–Trinajstić information content (AvgIpc) is 2.80. The highest BCUT2D eigenvalue weighted by atomic mass is 16.5. The fourth-order valence-corrected chi connectivity index (χ4v) is 2.24. The zero-order chi connectivity index (χ0) is 13.8. The van der Waals surface area contributed by atoms with E-state index in [1.54, 1.807) is 25.3 Å². The Morgan fingerprint density at radius 3 is 2.95 bits per heavy atom. The lowest BCUT2D eigenvalue weighted by Crippen LogP contribution is -2.32. The number of anilines is 1. The van der Waals surface area contributed by atoms with Crippen LogP contribution in [0.5, 0.6) is 5.75 Å². The van der Waals surface area contributed by atoms with Gasteiger partial charge in [-0.3, -0.25) is 4.79 Å². The molecule has 0 aliphatic carbocycles. The summed E-state index contributed by atoms with van der Waals surface area (Å²) in [5.74, 6) is 0.833. The normalized spacial score (nSPS) is 22.2. The Labute approximate surface area is 113 Å². The number of rotatable bonds is 4. The third-order valence-corrected chi connectivity index (χ3v) is 3.48. The second kappa shape index (κ2) is 5.93. The van der Waals surface area contributed by atoms with Crippen molar-refractivity contribution in [2.75, 3.05) is 26.0 Å². The number of amides is 1. The van der Waals surface area contributed by atoms with E-state index in [1.165, 1.54) is 0 Å². The minimum Gasteiger partial charge on any atom is -0.497 e. The molecule has 0 bridgehead atoms. The van der Waals surface area contributed by atoms with Gasteiger partial charge in [-0.05, 0) is 25.5 Å². The van der Waals surface area contributed by atoms with Crippen molar-refractivity contribution in [3.8, 4) is 5.75 Å². The second-order valence-electron chi connectivity index (χ2n) is 4.83. The molecule has 1 aliphatic rings. The standard InChI is InChI=1S/C14H20N2O3/c1-9-10(3-4-19-9)8-16-14(17)11-5-12(15)7-13(6-11)18-2/h5-7,9-10H,3-4,8,15H2,1-2H3,(H,16,17). The lowest BCUT2D eigenvalue weighted by atomic mass is 10.0. The number of nitrogens with one attached hydrogen (secondary N) is 1. The number of nitrogens with two attached hydrogens (primary N) is 1. The van der Waals surface area contributed by atoms with E-state index in [0.29, 0.717) is 29.5 Å². The van der Waals surface area contributed by atoms with Crippen molar-refractivity contribution in [3.63, 3.8) is 0 Å². The van der Waals surface area contributed by atoms with Gasteiger partial charge in [0.25, 0.3) is 5.91 Å². The smallest absolute Gasteiger partial charge is 0.251 e. The van der Waals surface area contributed by atoms with E-state index in [1.807, 2.05) is 6.92 Å². The monoisotopic (exact) mass is 264 g/mol. The van der Waals surface area contributed by atoms with Crippen molar-refractivity contribution >= 4 is 11.6 Å². The van der Waals surface area contributed by atoms with Gasteiger partial charge in [0.15, 0.2) is 0 Å². The topological polar surface area (TPSA) is 73.6 Å². The summed E-state index contributed by atoms with van der Waals surface area (Å²) in [6.45, 7) is 3.43. The first-order chi connectivity index (χ1) is 9.10. The molecule has 0 saturated carbocycles. The third kappa shape index (κ3) is 3.38. The van der Waals surface area contributed by atoms with Gasteiger partial charge in [0.1, 0.15) is 5.75 Å². The Morgan fingerprint density at radius 2 is 2.32 bits per heavy atom. The van der Waals surface area contributed by atoms with Crippen LogP contribution in [0.15, 0.2) is 18.2 Å². The summed E-state index contributed by atoms with van der Waals surface area (Å²) in [6, 6.07) is 5.01. The van der Waals surface area contributed by atoms with E-state index in [0.717, 1.165) is 13.0 Å². The van der Waals surface area contributed by atoms with Crippen LogP contribution in [0, 0.1) is 5.92 Å². The molecule has 104 valence electrons. The molecule has 2 atom stereocenters. The second-order valence-corrected chi connectivity index (χ2v) is 4.83. The SMILES string of the molecule is COc1cc(N)cc(C(=O)NCC2CCOC2C)c1. The van der Waals surface area contributed by atoms with Gasteiger partial charge < -0.3 is 20.5 Å². The molecule has 1 aliphatic heterocycles. The van der Waals surface area contributed by atoms with Crippen molar-refractivity contribution in [2.45, 2.75) is 19.4 Å². The first-order valence-electron chi connectivity index (χ1n) is 6.44. The maximum absolute atomic E-state index is 12.1. The van der Waals surface area contributed by atoms with E-state index >= 15 is 0 Å². The summed E-state index contributed by atoms with van der Waals surface area (Å²) in [5.41, 5.74) is 6.77. The molecule has 5 heteroatoms. The van der Waals surface area contributed by atoms with E-state index < -0.39 is 0 Å². The van der Waals surface area contributed by atoms with Gasteiger partial charge >= 0.3 is 0 Å². The predicted octanol–water partition coefficient (Wildman–Crippen LogP) is 1.43. The van der Waals surface area contributed by atoms with Crippen molar-refractivity contribution in [2.24, 2.45) is 5.92 Å². The minimum atomic E-state index is -0.135. The molecule has 0 radical (unpaired) electrons. The molecule has 0 spiro atoms. The third-order valence-electron chi connectivity index (χ3n) is 3.48. The van der Waals surface area contributed by atoms with Gasteiger partial charge in [-0.1, -0.05) is 0 Å². The van der Waals surface area contributed by atoms with Crippen LogP contribution in [-0.2, 0) is 4.74 Å². The molecular weight excluding hydrogens is 244 g/mol. The quantitative estimate of drug-likeness (QED) is 0.807. The Balaban J connectivity index is 1.97. The fourth-order valence-electron chi connectivity index (χ4n) is 2.24. The maximum atomic E-state index is 12.1. The lowest BCUT2D eigenvalue weighted by Gasteiger charge is -2.15. The van der Waals surface area contributed by atoms with Gasteiger partial charge in [-0.2, -0.15) is 0 Å². The van der Waals surface area contributed by atoms with Crippen LogP contribution in [-0.4, -0.2) is 32.3 Å². The average molecular weight is 264 g/mol. The number of hydrogen-bond acceptors (Lipinski definition) is 4. The van der Waals surface area contributed by atoms with E-state index in [4.69, 9.17) is 15.2 Å². The van der Waals surface area contributed by atoms with Crippen LogP contribution in [0.2, 0.25) is 0 Å². The molecule has 1 aromatic rings. The lowest BCUT2D eigenvalue weighted by molar-refractivity contribution is 0.0907. The largest absolute Gasteiger partial charge is 0.497 e. The van der Waals surface area contributed by atoms with Gasteiger partial charge in [-0.15, -0.1) is 0 Å². The van der Waals surface area contributed by atoms with E-state index in [2.05, 4.69) is 5.32 Å². The van der Waals surface area contributed by atoms with Crippen LogP contribution in [0.3, 0.4) is 0 Å². The molecule has 2 unspecified atom stereocenters. The first kappa shape index (κ1) is 13.7. The Kier molecular flexibility index (Phi) is 4.27. The number of carbonyl (C=O) groups is 1. The van der Waals surface area contributed by atoms with Gasteiger partial charge in [0.05, 0.1) is 13.2 Å². The number of ether oxygens (including phenoxy) is 2. The predicted molar refractivity (Wildman–Crippen MR) is 73.3 cm³/mol. The fraction of sp³-hybridized carbons (Fsp3) is 0.500. The molecule has 1 amide bonds. The van der Waals surface area contributed by atoms with Gasteiger partial charge in [-0.25, -0.2) is 0 Å². The van der Waals surface area contributed by atoms with Crippen LogP contribution >= 0.6 is 0 Å². The molecule has 1 fully saturated rings. The highest BCUT2D eigenvalue weighted by molar-refractivity contribution is 5.95. The van der Waals surface area contributed by atoms with Crippen molar-refractivity contribution in [1.82, 2.24) is 5.32 Å². The highest BCUT2D eigenvalue weighted by Crippen LogP contribution is 2.21. The molecule has 1 aromatic carbocycles. The molecule has 2 rings (SSSR count). The minimum absolute atomic E-state index is 0.135. The molecule has 5 nitrogen and oxygen atoms in total. The molecule has 0 aromatic heterocycles. The summed E-state index contributed by atoms with van der Waals surface area (Å²) >= 11 is 0. The number of benzene rings is 1. The molecular formula is C14H20N2O3. The molecule has 19 heavy (non-hydrogen) atoms. The maximum Gasteiger partial charge on any atom is 0.251 e. The molecule has 1 saturated heterocycles. The summed E-state index contributed by atoms with van der Waals surface area (Å²) in [5, 5.41) is 2.92.